The highest BCUT2D eigenvalue weighted by Gasteiger charge is 2.32. The number of non-ortho nitro benzene ring substituents is 1. The topological polar surface area (TPSA) is 130 Å². The van der Waals surface area contributed by atoms with Gasteiger partial charge in [0, 0.05) is 25.2 Å². The summed E-state index contributed by atoms with van der Waals surface area (Å²) in [5, 5.41) is 13.9. The first-order valence-corrected chi connectivity index (χ1v) is 13.9. The van der Waals surface area contributed by atoms with E-state index in [4.69, 9.17) is 0 Å². The second-order valence-corrected chi connectivity index (χ2v) is 10.9. The molecule has 11 heteroatoms. The van der Waals surface area contributed by atoms with Crippen molar-refractivity contribution in [3.8, 4) is 0 Å². The number of benzene rings is 3. The molecule has 0 aliphatic carbocycles. The van der Waals surface area contributed by atoms with Gasteiger partial charge >= 0.3 is 0 Å². The van der Waals surface area contributed by atoms with Gasteiger partial charge in [0.2, 0.25) is 11.8 Å². The van der Waals surface area contributed by atoms with Gasteiger partial charge in [0.1, 0.15) is 12.6 Å². The number of amides is 2. The summed E-state index contributed by atoms with van der Waals surface area (Å²) in [5.41, 5.74) is 1.62. The molecule has 0 aliphatic rings. The van der Waals surface area contributed by atoms with Crippen LogP contribution in [0.25, 0.3) is 0 Å². The largest absolute Gasteiger partial charge is 0.354 e. The van der Waals surface area contributed by atoms with Gasteiger partial charge in [-0.05, 0) is 50.1 Å². The van der Waals surface area contributed by atoms with Crippen molar-refractivity contribution in [2.45, 2.75) is 44.7 Å². The molecule has 0 radical (unpaired) electrons. The predicted molar refractivity (Wildman–Crippen MR) is 149 cm³/mol. The van der Waals surface area contributed by atoms with Crippen molar-refractivity contribution >= 4 is 33.2 Å². The third-order valence-corrected chi connectivity index (χ3v) is 7.90. The zero-order valence-corrected chi connectivity index (χ0v) is 22.9. The SMILES string of the molecule is CCCNC(=O)C(C)N(Cc1cccc(C)c1)C(=O)CN(c1ccc([N+](=O)[O-])cc1)S(=O)(=O)c1ccccc1. The Balaban J connectivity index is 2.03. The third kappa shape index (κ3) is 7.41. The van der Waals surface area contributed by atoms with Crippen molar-refractivity contribution in [3.05, 3.63) is 100 Å². The average Bonchev–Trinajstić information content (AvgIpc) is 2.93. The van der Waals surface area contributed by atoms with Gasteiger partial charge in [-0.3, -0.25) is 24.0 Å². The molecule has 2 amide bonds. The predicted octanol–water partition coefficient (Wildman–Crippen LogP) is 4.04. The summed E-state index contributed by atoms with van der Waals surface area (Å²) in [6, 6.07) is 19.1. The van der Waals surface area contributed by atoms with Gasteiger partial charge < -0.3 is 10.2 Å². The lowest BCUT2D eigenvalue weighted by molar-refractivity contribution is -0.384. The third-order valence-electron chi connectivity index (χ3n) is 6.11. The van der Waals surface area contributed by atoms with E-state index < -0.39 is 33.4 Å². The molecule has 39 heavy (non-hydrogen) atoms. The molecule has 10 nitrogen and oxygen atoms in total. The van der Waals surface area contributed by atoms with Crippen molar-refractivity contribution in [1.29, 1.82) is 0 Å². The highest BCUT2D eigenvalue weighted by molar-refractivity contribution is 7.92. The fourth-order valence-electron chi connectivity index (χ4n) is 3.97. The Hall–Kier alpha value is -4.25. The molecule has 0 saturated heterocycles. The quantitative estimate of drug-likeness (QED) is 0.267. The average molecular weight is 553 g/mol. The van der Waals surface area contributed by atoms with Gasteiger partial charge in [0.05, 0.1) is 15.5 Å². The molecule has 0 bridgehead atoms. The number of hydrogen-bond donors (Lipinski definition) is 1. The van der Waals surface area contributed by atoms with Crippen LogP contribution in [0.15, 0.2) is 83.8 Å². The van der Waals surface area contributed by atoms with Crippen LogP contribution in [0.4, 0.5) is 11.4 Å². The molecular weight excluding hydrogens is 520 g/mol. The van der Waals surface area contributed by atoms with Crippen molar-refractivity contribution in [2.75, 3.05) is 17.4 Å². The molecule has 1 unspecified atom stereocenters. The maximum absolute atomic E-state index is 13.8. The Kier molecular flexibility index (Phi) is 9.78. The molecule has 3 aromatic carbocycles. The molecule has 0 spiro atoms. The van der Waals surface area contributed by atoms with E-state index in [0.29, 0.717) is 13.0 Å². The summed E-state index contributed by atoms with van der Waals surface area (Å²) >= 11 is 0. The van der Waals surface area contributed by atoms with E-state index >= 15 is 0 Å². The Morgan fingerprint density at radius 2 is 1.67 bits per heavy atom. The van der Waals surface area contributed by atoms with Crippen LogP contribution in [0, 0.1) is 17.0 Å². The number of carbonyl (C=O) groups is 2. The van der Waals surface area contributed by atoms with Crippen molar-refractivity contribution < 1.29 is 22.9 Å². The van der Waals surface area contributed by atoms with E-state index in [9.17, 15) is 28.1 Å². The molecule has 3 aromatic rings. The van der Waals surface area contributed by atoms with Crippen LogP contribution in [0.1, 0.15) is 31.4 Å². The molecular formula is C28H32N4O6S. The lowest BCUT2D eigenvalue weighted by Crippen LogP contribution is -2.51. The summed E-state index contributed by atoms with van der Waals surface area (Å²) in [6.45, 7) is 5.33. The van der Waals surface area contributed by atoms with Crippen LogP contribution in [-0.2, 0) is 26.2 Å². The van der Waals surface area contributed by atoms with E-state index in [2.05, 4.69) is 5.32 Å². The van der Waals surface area contributed by atoms with Crippen molar-refractivity contribution in [1.82, 2.24) is 10.2 Å². The van der Waals surface area contributed by atoms with Crippen molar-refractivity contribution in [3.63, 3.8) is 0 Å². The van der Waals surface area contributed by atoms with E-state index in [0.717, 1.165) is 15.4 Å². The van der Waals surface area contributed by atoms with Gasteiger partial charge in [-0.15, -0.1) is 0 Å². The monoisotopic (exact) mass is 552 g/mol. The molecule has 0 fully saturated rings. The molecule has 0 aromatic heterocycles. The van der Waals surface area contributed by atoms with Gasteiger partial charge in [0.25, 0.3) is 15.7 Å². The normalized spacial score (nSPS) is 11.9. The lowest BCUT2D eigenvalue weighted by Gasteiger charge is -2.32. The number of rotatable bonds is 12. The number of hydrogen-bond acceptors (Lipinski definition) is 6. The van der Waals surface area contributed by atoms with Crippen LogP contribution in [-0.4, -0.2) is 49.2 Å². The first-order valence-electron chi connectivity index (χ1n) is 12.5. The fourth-order valence-corrected chi connectivity index (χ4v) is 5.41. The number of aryl methyl sites for hydroxylation is 1. The summed E-state index contributed by atoms with van der Waals surface area (Å²) in [7, 11) is -4.24. The maximum atomic E-state index is 13.8. The van der Waals surface area contributed by atoms with E-state index in [1.54, 1.807) is 25.1 Å². The van der Waals surface area contributed by atoms with Gasteiger partial charge in [0.15, 0.2) is 0 Å². The molecule has 1 atom stereocenters. The highest BCUT2D eigenvalue weighted by atomic mass is 32.2. The van der Waals surface area contributed by atoms with E-state index in [1.807, 2.05) is 38.1 Å². The summed E-state index contributed by atoms with van der Waals surface area (Å²) in [6.07, 6.45) is 0.716. The second kappa shape index (κ2) is 13.0. The standard InChI is InChI=1S/C28H32N4O6S/c1-4-17-29-28(34)22(3)30(19-23-10-8-9-21(2)18-23)27(33)20-31(24-13-15-25(16-14-24)32(35)36)39(37,38)26-11-6-5-7-12-26/h5-16,18,22H,4,17,19-20H2,1-3H3,(H,29,34). The molecule has 0 saturated carbocycles. The molecule has 206 valence electrons. The summed E-state index contributed by atoms with van der Waals surface area (Å²) in [5.74, 6) is -0.959. The number of anilines is 1. The Morgan fingerprint density at radius 3 is 2.26 bits per heavy atom. The molecule has 0 aliphatic heterocycles. The minimum absolute atomic E-state index is 0.0462. The van der Waals surface area contributed by atoms with Crippen LogP contribution < -0.4 is 9.62 Å². The van der Waals surface area contributed by atoms with E-state index in [1.165, 1.54) is 41.3 Å². The van der Waals surface area contributed by atoms with Crippen LogP contribution in [0.5, 0.6) is 0 Å². The van der Waals surface area contributed by atoms with Crippen LogP contribution >= 0.6 is 0 Å². The molecule has 0 heterocycles. The Morgan fingerprint density at radius 1 is 1.00 bits per heavy atom. The lowest BCUT2D eigenvalue weighted by atomic mass is 10.1. The maximum Gasteiger partial charge on any atom is 0.269 e. The summed E-state index contributed by atoms with van der Waals surface area (Å²) in [4.78, 5) is 38.6. The first-order chi connectivity index (χ1) is 18.5. The number of nitro benzene ring substituents is 1. The van der Waals surface area contributed by atoms with Crippen LogP contribution in [0.2, 0.25) is 0 Å². The number of nitrogens with one attached hydrogen (secondary N) is 1. The fraction of sp³-hybridized carbons (Fsp3) is 0.286. The van der Waals surface area contributed by atoms with Crippen LogP contribution in [0.3, 0.4) is 0 Å². The smallest absolute Gasteiger partial charge is 0.269 e. The number of carbonyl (C=O) groups excluding carboxylic acids is 2. The Labute approximate surface area is 228 Å². The molecule has 3 rings (SSSR count). The Bertz CT molecular complexity index is 1410. The van der Waals surface area contributed by atoms with Gasteiger partial charge in [-0.2, -0.15) is 0 Å². The minimum atomic E-state index is -4.24. The van der Waals surface area contributed by atoms with Gasteiger partial charge in [-0.1, -0.05) is 55.0 Å². The zero-order valence-electron chi connectivity index (χ0n) is 22.1. The summed E-state index contributed by atoms with van der Waals surface area (Å²) < 4.78 is 28.3. The van der Waals surface area contributed by atoms with Gasteiger partial charge in [-0.25, -0.2) is 8.42 Å². The first kappa shape index (κ1) is 29.3. The highest BCUT2D eigenvalue weighted by Crippen LogP contribution is 2.26. The van der Waals surface area contributed by atoms with Crippen molar-refractivity contribution in [2.24, 2.45) is 0 Å². The number of nitro groups is 1. The van der Waals surface area contributed by atoms with E-state index in [-0.39, 0.29) is 28.7 Å². The second-order valence-electron chi connectivity index (χ2n) is 9.08. The number of sulfonamides is 1. The minimum Gasteiger partial charge on any atom is -0.354 e. The number of nitrogens with zero attached hydrogens (tertiary/aromatic N) is 3. The molecule has 1 N–H and O–H groups in total. The zero-order chi connectivity index (χ0) is 28.6.